The predicted molar refractivity (Wildman–Crippen MR) is 583 cm³/mol. The second-order valence-corrected chi connectivity index (χ2v) is 45.7. The molecule has 0 bridgehead atoms. The number of halogens is 2. The first kappa shape index (κ1) is 123. The first-order valence-corrected chi connectivity index (χ1v) is 50.8. The Balaban J connectivity index is 0.000000305. The number of aromatic nitrogens is 8. The van der Waals surface area contributed by atoms with E-state index in [1.54, 1.807) is 30.5 Å². The van der Waals surface area contributed by atoms with E-state index in [0.29, 0.717) is 106 Å². The van der Waals surface area contributed by atoms with E-state index in [1.165, 1.54) is 118 Å². The highest BCUT2D eigenvalue weighted by molar-refractivity contribution is 7.17. The lowest BCUT2D eigenvalue weighted by Crippen LogP contribution is -2.20. The lowest BCUT2D eigenvalue weighted by atomic mass is 9.92. The monoisotopic (exact) mass is 2190 g/mol. The van der Waals surface area contributed by atoms with Crippen molar-refractivity contribution in [3.63, 3.8) is 0 Å². The molecule has 0 atom stereocenters. The third-order valence-electron chi connectivity index (χ3n) is 19.0. The van der Waals surface area contributed by atoms with Crippen molar-refractivity contribution in [1.29, 1.82) is 0 Å². The number of rotatable bonds is 27. The summed E-state index contributed by atoms with van der Waals surface area (Å²) in [7, 11) is 3.86. The Morgan fingerprint density at radius 3 is 1.31 bits per heavy atom. The smallest absolute Gasteiger partial charge is 0.376 e. The van der Waals surface area contributed by atoms with Crippen molar-refractivity contribution in [3.8, 4) is 0 Å². The maximum atomic E-state index is 12.3. The molecule has 2 aromatic carbocycles. The van der Waals surface area contributed by atoms with E-state index in [4.69, 9.17) is 56.0 Å². The van der Waals surface area contributed by atoms with Crippen LogP contribution in [0.25, 0.3) is 0 Å². The van der Waals surface area contributed by atoms with Crippen LogP contribution in [0.4, 0.5) is 94.8 Å². The van der Waals surface area contributed by atoms with Crippen molar-refractivity contribution in [2.75, 3.05) is 85.1 Å². The fraction of sp³-hybridized carbons (Fsp3) is 0.406. The first-order chi connectivity index (χ1) is 66.8. The Labute approximate surface area is 884 Å². The van der Waals surface area contributed by atoms with Crippen molar-refractivity contribution in [2.24, 2.45) is 0 Å². The standard InChI is InChI=1S/C18H23N3O3.C17H18Cl2N2O4.C16H20N4O3S2.C15H19N3O3S2.C14H18N4O3S2.C13H16N4O3S2.3CH4/c1-11-6-8-12(9-7-11)19-17(23)20-13-10-14(18(2,3)4)21-15(13)16(22)24-5;1-17(2,3)13-8-12(14(25-13)15(22)24-4)21-16(23)20-9-5-6-10(18)11(19)7-9;1-16(2,3)10-7-9(11(24-10)13(21)23-4)17-14(22)18-15-20-19-12(25-15)8-5-6-8;1-9-6-16-14(22-9)18-13(20)17-10-5-12(15(2,3)4)23-11(10)7-21-8-19;1-8-17-18-13(22-8)16-12(20)15-9-5-11(14(2,3)4)23-10(9)6-21-7-19;1-3-8-5-9(10(21-8)6-20-7-18)14-12(19)15-13-17-16-11(4-2)22-13;;;/h6-10,21H,1-5H3,(H2,19,20,23);5-8H,1-4H3,(H2,20,21,23);7-8H,5-6H2,1-4H3,(H2,17,18,20,22);5-6,8H,7H2,1-4H3,(H2,16,17,18,20);5,7H,6H2,1-4H3,(H2,15,16,18,20);5,7H,3-4,6H2,1-2H3,(H2,14,15,17,19);3*1H4. The number of esters is 3. The molecule has 1 aliphatic carbocycles. The maximum Gasteiger partial charge on any atom is 0.376 e. The summed E-state index contributed by atoms with van der Waals surface area (Å²) in [6.07, 6.45) is 5.59. The molecule has 145 heavy (non-hydrogen) atoms. The van der Waals surface area contributed by atoms with Gasteiger partial charge in [-0.25, -0.2) is 48.1 Å². The summed E-state index contributed by atoms with van der Waals surface area (Å²) in [5, 5.41) is 61.0. The number of hydrogen-bond donors (Lipinski definition) is 13. The molecule has 0 aliphatic heterocycles. The lowest BCUT2D eigenvalue weighted by Gasteiger charge is -2.15. The van der Waals surface area contributed by atoms with Crippen molar-refractivity contribution >= 4 is 253 Å². The number of aromatic amines is 1. The van der Waals surface area contributed by atoms with Crippen molar-refractivity contribution in [2.45, 2.75) is 239 Å². The molecule has 1 fully saturated rings. The third kappa shape index (κ3) is 38.9. The van der Waals surface area contributed by atoms with Crippen LogP contribution < -0.4 is 63.8 Å². The molecule has 49 heteroatoms. The molecule has 10 aromatic heterocycles. The number of hydrogen-bond acceptors (Lipinski definition) is 34. The van der Waals surface area contributed by atoms with Gasteiger partial charge in [0.15, 0.2) is 5.13 Å². The Kier molecular flexibility index (Phi) is 47.3. The summed E-state index contributed by atoms with van der Waals surface area (Å²) < 4.78 is 34.3. The summed E-state index contributed by atoms with van der Waals surface area (Å²) >= 11 is 23.0. The number of benzene rings is 2. The van der Waals surface area contributed by atoms with Crippen LogP contribution in [0.15, 0.2) is 89.5 Å². The molecule has 1 aliphatic rings. The number of urea groups is 6. The van der Waals surface area contributed by atoms with Gasteiger partial charge in [0.1, 0.15) is 51.2 Å². The number of amides is 12. The Bertz CT molecular complexity index is 6250. The molecule has 0 saturated heterocycles. The number of carbonyl (C=O) groups is 12. The van der Waals surface area contributed by atoms with Gasteiger partial charge < -0.3 is 80.4 Å². The summed E-state index contributed by atoms with van der Waals surface area (Å²) in [6.45, 7) is 41.7. The van der Waals surface area contributed by atoms with E-state index in [9.17, 15) is 57.5 Å². The van der Waals surface area contributed by atoms with Gasteiger partial charge in [-0.05, 0) is 123 Å². The van der Waals surface area contributed by atoms with Crippen molar-refractivity contribution in [3.05, 3.63) is 182 Å². The molecule has 786 valence electrons. The SMILES string of the molecule is C.C.C.CCc1cc(NC(=O)Nc2nnc(CC)s2)c(COC=O)s1.COC(=O)c1[nH]c(C(C)(C)C)cc1NC(=O)Nc1ccc(C)cc1.COC(=O)c1oc(C(C)(C)C)cc1NC(=O)Nc1ccc(Cl)c(Cl)c1.COC(=O)c1sc(C(C)(C)C)cc1NC(=O)Nc1nnc(C2CC2)s1.Cc1cnc(NC(=O)Nc2cc(C(C)(C)C)sc2COC=O)s1.Cc1nnc(NC(=O)Nc2cc(C(C)(C)C)sc2COC=O)s1. The highest BCUT2D eigenvalue weighted by atomic mass is 35.5. The van der Waals surface area contributed by atoms with E-state index in [0.717, 1.165) is 91.0 Å². The highest BCUT2D eigenvalue weighted by Crippen LogP contribution is 2.44. The van der Waals surface area contributed by atoms with Crippen molar-refractivity contribution in [1.82, 2.24) is 40.6 Å². The van der Waals surface area contributed by atoms with Crippen LogP contribution in [0.5, 0.6) is 0 Å². The predicted octanol–water partition coefficient (Wildman–Crippen LogP) is 26.2. The molecule has 13 N–H and O–H groups in total. The molecule has 0 radical (unpaired) electrons. The summed E-state index contributed by atoms with van der Waals surface area (Å²) in [4.78, 5) is 155. The first-order valence-electron chi connectivity index (χ1n) is 43.5. The van der Waals surface area contributed by atoms with Gasteiger partial charge >= 0.3 is 54.1 Å². The summed E-state index contributed by atoms with van der Waals surface area (Å²) in [5.74, 6) is -0.720. The van der Waals surface area contributed by atoms with Gasteiger partial charge in [0.25, 0.3) is 19.4 Å². The van der Waals surface area contributed by atoms with E-state index < -0.39 is 48.1 Å². The number of furan rings is 1. The number of methoxy groups -OCH3 is 3. The number of nitrogens with zero attached hydrogens (tertiary/aromatic N) is 7. The second kappa shape index (κ2) is 56.0. The highest BCUT2D eigenvalue weighted by Gasteiger charge is 2.32. The molecule has 10 heterocycles. The van der Waals surface area contributed by atoms with E-state index in [1.807, 2.05) is 145 Å². The molecule has 39 nitrogen and oxygen atoms in total. The van der Waals surface area contributed by atoms with E-state index >= 15 is 0 Å². The Morgan fingerprint density at radius 1 is 0.421 bits per heavy atom. The van der Waals surface area contributed by atoms with Gasteiger partial charge in [0.05, 0.1) is 80.1 Å². The molecule has 13 rings (SSSR count). The average molecular weight is 2190 g/mol. The number of H-pyrrole nitrogens is 1. The number of nitrogens with one attached hydrogen (secondary N) is 13. The van der Waals surface area contributed by atoms with Crippen LogP contribution in [-0.4, -0.2) is 135 Å². The molecule has 0 unspecified atom stereocenters. The zero-order chi connectivity index (χ0) is 105. The normalized spacial score (nSPS) is 11.3. The number of aryl methyl sites for hydroxylation is 5. The van der Waals surface area contributed by atoms with Gasteiger partial charge in [-0.3, -0.25) is 35.7 Å². The van der Waals surface area contributed by atoms with E-state index in [2.05, 4.69) is 146 Å². The van der Waals surface area contributed by atoms with Gasteiger partial charge in [-0.2, -0.15) is 0 Å². The minimum absolute atomic E-state index is 0. The van der Waals surface area contributed by atoms with Crippen LogP contribution in [0.2, 0.25) is 10.0 Å². The molecular formula is C96H126Cl2N20O19S8. The van der Waals surface area contributed by atoms with Crippen LogP contribution >= 0.6 is 114 Å². The number of ether oxygens (including phenoxy) is 6. The van der Waals surface area contributed by atoms with Gasteiger partial charge in [-0.15, -0.1) is 87.3 Å². The third-order valence-corrected chi connectivity index (χ3v) is 29.2. The van der Waals surface area contributed by atoms with Crippen LogP contribution in [0.1, 0.15) is 261 Å². The number of carbonyl (C=O) groups excluding carboxylic acids is 12. The second-order valence-electron chi connectivity index (χ2n) is 35.9. The largest absolute Gasteiger partial charge is 0.465 e. The topological polar surface area (TPSA) is 524 Å². The Hall–Kier alpha value is -12.9. The van der Waals surface area contributed by atoms with Crippen LogP contribution in [-0.2, 0) is 103 Å². The quantitative estimate of drug-likeness (QED) is 0.0129. The molecule has 12 amide bonds. The van der Waals surface area contributed by atoms with Crippen molar-refractivity contribution < 1.29 is 90.4 Å². The number of anilines is 12. The minimum Gasteiger partial charge on any atom is -0.465 e. The fourth-order valence-electron chi connectivity index (χ4n) is 11.4. The molecule has 1 saturated carbocycles. The van der Waals surface area contributed by atoms with Gasteiger partial charge in [-0.1, -0.05) is 215 Å². The minimum atomic E-state index is -0.680. The fourth-order valence-corrected chi connectivity index (χ4v) is 18.8. The average Bonchev–Trinajstić information content (AvgIpc) is 1.67. The number of thiazole rings is 1. The van der Waals surface area contributed by atoms with Gasteiger partial charge in [0.2, 0.25) is 21.2 Å². The zero-order valence-electron chi connectivity index (χ0n) is 82.3. The molecule has 0 spiro atoms. The van der Waals surface area contributed by atoms with Crippen LogP contribution in [0, 0.1) is 20.8 Å². The molecular weight excluding hydrogens is 2060 g/mol. The summed E-state index contributed by atoms with van der Waals surface area (Å²) in [5.41, 5.74) is 5.43. The lowest BCUT2D eigenvalue weighted by molar-refractivity contribution is -0.130. The van der Waals surface area contributed by atoms with E-state index in [-0.39, 0.29) is 92.3 Å². The zero-order valence-corrected chi connectivity index (χ0v) is 90.3. The van der Waals surface area contributed by atoms with Crippen LogP contribution in [0.3, 0.4) is 0 Å². The Morgan fingerprint density at radius 2 is 0.862 bits per heavy atom. The maximum absolute atomic E-state index is 12.3. The molecule has 12 aromatic rings. The summed E-state index contributed by atoms with van der Waals surface area (Å²) in [6, 6.07) is 20.4. The number of thiophene rings is 4. The van der Waals surface area contributed by atoms with Gasteiger partial charge in [0, 0.05) is 70.5 Å².